The molecule has 3 aliphatic rings. The molecule has 0 radical (unpaired) electrons. The van der Waals surface area contributed by atoms with Gasteiger partial charge in [-0.05, 0) is 122 Å². The van der Waals surface area contributed by atoms with Crippen molar-refractivity contribution >= 4 is 18.7 Å². The maximum Gasteiger partial charge on any atom is 0.319 e. The average molecular weight is 673 g/mol. The summed E-state index contributed by atoms with van der Waals surface area (Å²) >= 11 is 0. The van der Waals surface area contributed by atoms with Gasteiger partial charge in [-0.25, -0.2) is 0 Å². The lowest BCUT2D eigenvalue weighted by Crippen LogP contribution is -2.69. The molecule has 0 amide bonds. The van der Waals surface area contributed by atoms with Crippen molar-refractivity contribution in [2.75, 3.05) is 0 Å². The van der Waals surface area contributed by atoms with E-state index in [1.165, 1.54) is 51.1 Å². The van der Waals surface area contributed by atoms with E-state index >= 15 is 0 Å². The number of hydrogen-bond acceptors (Lipinski definition) is 2. The fourth-order valence-electron chi connectivity index (χ4n) is 9.63. The van der Waals surface area contributed by atoms with Crippen molar-refractivity contribution in [3.8, 4) is 11.5 Å². The number of allylic oxidation sites excluding steroid dienone is 4. The minimum absolute atomic E-state index is 0.152. The first kappa shape index (κ1) is 35.5. The molecule has 3 aromatic rings. The van der Waals surface area contributed by atoms with E-state index in [1.54, 1.807) is 0 Å². The lowest BCUT2D eigenvalue weighted by molar-refractivity contribution is -0.0808. The lowest BCUT2D eigenvalue weighted by atomic mass is 9.56. The summed E-state index contributed by atoms with van der Waals surface area (Å²) in [5.41, 5.74) is 6.60. The van der Waals surface area contributed by atoms with Crippen molar-refractivity contribution < 1.29 is 9.16 Å². The third-order valence-corrected chi connectivity index (χ3v) is 17.3. The number of rotatable bonds is 8. The highest BCUT2D eigenvalue weighted by Crippen LogP contribution is 2.59. The standard InChI is InChI=1S/C46H60O2Si/c1-11-19-34-28-35(26-25-32(2)3)42-40(30-36-29-39-33(4)20-18-27-45(8,9)41(39)31-46(36,10)47-42)43(34)48-49(44(5,6)7,37-21-14-12-15-22-37)38-23-16-13-17-24-38/h11-17,21-25,28,36,39,41H,1,4,18-20,26-27,29-31H2,2-3,5-10H3. The lowest BCUT2D eigenvalue weighted by Gasteiger charge is -2.55. The van der Waals surface area contributed by atoms with Crippen LogP contribution in [0.2, 0.25) is 5.04 Å². The maximum absolute atomic E-state index is 7.97. The maximum atomic E-state index is 7.97. The second-order valence-corrected chi connectivity index (χ2v) is 21.8. The topological polar surface area (TPSA) is 18.5 Å². The van der Waals surface area contributed by atoms with Gasteiger partial charge in [0.05, 0.1) is 0 Å². The van der Waals surface area contributed by atoms with E-state index in [4.69, 9.17) is 15.7 Å². The highest BCUT2D eigenvalue weighted by molar-refractivity contribution is 7.00. The van der Waals surface area contributed by atoms with E-state index in [1.807, 2.05) is 6.08 Å². The quantitative estimate of drug-likeness (QED) is 0.175. The second kappa shape index (κ2) is 13.4. The Morgan fingerprint density at radius 3 is 2.16 bits per heavy atom. The molecular weight excluding hydrogens is 613 g/mol. The predicted octanol–water partition coefficient (Wildman–Crippen LogP) is 11.0. The van der Waals surface area contributed by atoms with Crippen LogP contribution in [0.1, 0.15) is 104 Å². The van der Waals surface area contributed by atoms with Gasteiger partial charge in [0.1, 0.15) is 17.1 Å². The molecule has 2 aliphatic carbocycles. The van der Waals surface area contributed by atoms with E-state index in [2.05, 4.69) is 135 Å². The Kier molecular flexibility index (Phi) is 9.74. The third-order valence-electron chi connectivity index (χ3n) is 12.4. The van der Waals surface area contributed by atoms with Crippen LogP contribution in [-0.4, -0.2) is 13.9 Å². The van der Waals surface area contributed by atoms with Crippen LogP contribution in [0.25, 0.3) is 0 Å². The summed E-state index contributed by atoms with van der Waals surface area (Å²) < 4.78 is 15.5. The van der Waals surface area contributed by atoms with Crippen molar-refractivity contribution in [1.82, 2.24) is 0 Å². The molecule has 1 aliphatic heterocycles. The fourth-order valence-corrected chi connectivity index (χ4v) is 14.1. The molecule has 0 N–H and O–H groups in total. The Bertz CT molecular complexity index is 1670. The molecule has 2 nitrogen and oxygen atoms in total. The van der Waals surface area contributed by atoms with Gasteiger partial charge in [0, 0.05) is 11.5 Å². The van der Waals surface area contributed by atoms with Crippen molar-refractivity contribution in [2.45, 2.75) is 117 Å². The largest absolute Gasteiger partial charge is 0.533 e. The van der Waals surface area contributed by atoms with Crippen molar-refractivity contribution in [2.24, 2.45) is 23.2 Å². The van der Waals surface area contributed by atoms with Gasteiger partial charge < -0.3 is 9.16 Å². The van der Waals surface area contributed by atoms with Gasteiger partial charge in [0.25, 0.3) is 0 Å². The predicted molar refractivity (Wildman–Crippen MR) is 211 cm³/mol. The van der Waals surface area contributed by atoms with Crippen LogP contribution in [-0.2, 0) is 19.3 Å². The van der Waals surface area contributed by atoms with Gasteiger partial charge in [0.2, 0.25) is 0 Å². The van der Waals surface area contributed by atoms with Crippen molar-refractivity contribution in [1.29, 1.82) is 0 Å². The molecule has 4 unspecified atom stereocenters. The molecule has 2 fully saturated rings. The number of benzene rings is 3. The summed E-state index contributed by atoms with van der Waals surface area (Å²) in [6.45, 7) is 27.9. The molecule has 4 atom stereocenters. The molecule has 49 heavy (non-hydrogen) atoms. The van der Waals surface area contributed by atoms with Crippen LogP contribution in [0, 0.1) is 23.2 Å². The molecule has 1 heterocycles. The zero-order valence-corrected chi connectivity index (χ0v) is 32.6. The molecule has 0 bridgehead atoms. The zero-order valence-electron chi connectivity index (χ0n) is 31.6. The summed E-state index contributed by atoms with van der Waals surface area (Å²) in [7, 11) is -2.91. The first-order chi connectivity index (χ1) is 23.2. The van der Waals surface area contributed by atoms with Gasteiger partial charge in [-0.1, -0.05) is 125 Å². The van der Waals surface area contributed by atoms with Gasteiger partial charge in [-0.3, -0.25) is 0 Å². The molecule has 3 aromatic carbocycles. The van der Waals surface area contributed by atoms with Gasteiger partial charge >= 0.3 is 8.32 Å². The van der Waals surface area contributed by atoms with E-state index in [-0.39, 0.29) is 16.1 Å². The fraction of sp³-hybridized carbons (Fsp3) is 0.478. The molecule has 3 heteroatoms. The molecule has 0 spiro atoms. The minimum atomic E-state index is -2.91. The molecule has 0 aromatic heterocycles. The van der Waals surface area contributed by atoms with E-state index < -0.39 is 8.32 Å². The summed E-state index contributed by atoms with van der Waals surface area (Å²) in [6, 6.07) is 24.5. The average Bonchev–Trinajstić information content (AvgIpc) is 3.15. The monoisotopic (exact) mass is 672 g/mol. The van der Waals surface area contributed by atoms with Crippen LogP contribution in [0.4, 0.5) is 0 Å². The van der Waals surface area contributed by atoms with Crippen molar-refractivity contribution in [3.63, 3.8) is 0 Å². The number of fused-ring (bicyclic) bond motifs is 3. The Morgan fingerprint density at radius 2 is 1.59 bits per heavy atom. The van der Waals surface area contributed by atoms with Crippen LogP contribution in [0.5, 0.6) is 11.5 Å². The van der Waals surface area contributed by atoms with Crippen LogP contribution in [0.15, 0.2) is 103 Å². The molecular formula is C46H60O2Si. The van der Waals surface area contributed by atoms with Gasteiger partial charge in [-0.15, -0.1) is 6.58 Å². The summed E-state index contributed by atoms with van der Waals surface area (Å²) in [6.07, 6.45) is 12.8. The van der Waals surface area contributed by atoms with E-state index in [0.717, 1.165) is 50.0 Å². The second-order valence-electron chi connectivity index (χ2n) is 17.5. The summed E-state index contributed by atoms with van der Waals surface area (Å²) in [5.74, 6) is 3.63. The Morgan fingerprint density at radius 1 is 0.959 bits per heavy atom. The first-order valence-corrected chi connectivity index (χ1v) is 20.7. The Hall–Kier alpha value is -3.30. The van der Waals surface area contributed by atoms with Crippen LogP contribution >= 0.6 is 0 Å². The highest BCUT2D eigenvalue weighted by atomic mass is 28.4. The molecule has 6 rings (SSSR count). The van der Waals surface area contributed by atoms with E-state index in [9.17, 15) is 0 Å². The zero-order chi connectivity index (χ0) is 35.2. The number of hydrogen-bond donors (Lipinski definition) is 0. The van der Waals surface area contributed by atoms with E-state index in [0.29, 0.717) is 17.8 Å². The molecule has 260 valence electrons. The minimum Gasteiger partial charge on any atom is -0.533 e. The molecule has 2 saturated carbocycles. The molecule has 0 saturated heterocycles. The van der Waals surface area contributed by atoms with Gasteiger partial charge in [0.15, 0.2) is 0 Å². The highest BCUT2D eigenvalue weighted by Gasteiger charge is 2.56. The van der Waals surface area contributed by atoms with Gasteiger partial charge in [-0.2, -0.15) is 0 Å². The summed E-state index contributed by atoms with van der Waals surface area (Å²) in [5, 5.41) is 2.43. The Balaban J connectivity index is 1.58. The summed E-state index contributed by atoms with van der Waals surface area (Å²) in [4.78, 5) is 0. The SMILES string of the molecule is C=CCc1cc(CC=C(C)C)c2c(c1O[Si](c1ccccc1)(c1ccccc1)C(C)(C)C)CC1CC3C(=C)CCCC(C)(C)C3CC1(C)O2. The normalized spacial score (nSPS) is 24.7. The third kappa shape index (κ3) is 6.53. The van der Waals surface area contributed by atoms with Crippen molar-refractivity contribution in [3.05, 3.63) is 120 Å². The Labute approximate surface area is 298 Å². The van der Waals surface area contributed by atoms with Crippen LogP contribution < -0.4 is 19.5 Å². The first-order valence-electron chi connectivity index (χ1n) is 18.8. The number of ether oxygens (including phenoxy) is 1. The smallest absolute Gasteiger partial charge is 0.319 e. The van der Waals surface area contributed by atoms with Crippen LogP contribution in [0.3, 0.4) is 0 Å².